The fourth-order valence-corrected chi connectivity index (χ4v) is 2.84. The first kappa shape index (κ1) is 12.5. The van der Waals surface area contributed by atoms with Crippen molar-refractivity contribution in [1.82, 2.24) is 0 Å². The van der Waals surface area contributed by atoms with E-state index in [1.54, 1.807) is 0 Å². The van der Waals surface area contributed by atoms with Crippen molar-refractivity contribution in [3.8, 4) is 0 Å². The molecule has 1 heterocycles. The zero-order valence-electron chi connectivity index (χ0n) is 8.97. The van der Waals surface area contributed by atoms with Crippen LogP contribution in [0.1, 0.15) is 6.42 Å². The number of allylic oxidation sites excluding steroid dienone is 3. The third-order valence-corrected chi connectivity index (χ3v) is 3.88. The van der Waals surface area contributed by atoms with Crippen molar-refractivity contribution in [3.05, 3.63) is 34.9 Å². The van der Waals surface area contributed by atoms with Gasteiger partial charge in [-0.3, -0.25) is 0 Å². The Hall–Kier alpha value is -0.910. The van der Waals surface area contributed by atoms with Crippen LogP contribution in [0.25, 0.3) is 0 Å². The second-order valence-corrected chi connectivity index (χ2v) is 4.91. The molecule has 94 valence electrons. The van der Waals surface area contributed by atoms with E-state index in [2.05, 4.69) is 0 Å². The first-order valence-electron chi connectivity index (χ1n) is 4.94. The molecule has 1 aliphatic carbocycles. The molecule has 2 aliphatic rings. The maximum absolute atomic E-state index is 13.4. The molecule has 0 saturated heterocycles. The highest BCUT2D eigenvalue weighted by molar-refractivity contribution is 8.00. The van der Waals surface area contributed by atoms with Crippen LogP contribution in [0.5, 0.6) is 0 Å². The summed E-state index contributed by atoms with van der Waals surface area (Å²) in [7, 11) is 1.34. The number of ether oxygens (including phenoxy) is 1. The highest BCUT2D eigenvalue weighted by atomic mass is 32.2. The predicted molar refractivity (Wildman–Crippen MR) is 58.2 cm³/mol. The van der Waals surface area contributed by atoms with Crippen LogP contribution in [-0.2, 0) is 4.74 Å². The Kier molecular flexibility index (Phi) is 3.25. The third kappa shape index (κ3) is 2.51. The van der Waals surface area contributed by atoms with Crippen LogP contribution >= 0.6 is 11.8 Å². The van der Waals surface area contributed by atoms with Gasteiger partial charge in [0.05, 0.1) is 7.11 Å². The number of fused-ring (bicyclic) bond motifs is 1. The van der Waals surface area contributed by atoms with E-state index in [1.807, 2.05) is 0 Å². The lowest BCUT2D eigenvalue weighted by atomic mass is 9.96. The average Bonchev–Trinajstić information content (AvgIpc) is 2.26. The minimum absolute atomic E-state index is 0.109. The molecule has 0 aromatic rings. The third-order valence-electron chi connectivity index (χ3n) is 2.64. The molecule has 0 amide bonds. The standard InChI is InChI=1S/C11H10F4OS/c1-16-9-3-7-5-17-10(11(13,14)15)4-6(7)2-8(9)12/h3-4,10H,2,5H2,1H3. The van der Waals surface area contributed by atoms with E-state index in [4.69, 9.17) is 4.74 Å². The number of halogens is 4. The lowest BCUT2D eigenvalue weighted by molar-refractivity contribution is -0.120. The summed E-state index contributed by atoms with van der Waals surface area (Å²) < 4.78 is 55.8. The first-order valence-corrected chi connectivity index (χ1v) is 5.99. The summed E-state index contributed by atoms with van der Waals surface area (Å²) in [6.07, 6.45) is -1.80. The molecular formula is C11H10F4OS. The van der Waals surface area contributed by atoms with Crippen molar-refractivity contribution in [2.75, 3.05) is 12.9 Å². The van der Waals surface area contributed by atoms with Crippen molar-refractivity contribution >= 4 is 11.8 Å². The fourth-order valence-electron chi connectivity index (χ4n) is 1.77. The van der Waals surface area contributed by atoms with E-state index < -0.39 is 17.3 Å². The summed E-state index contributed by atoms with van der Waals surface area (Å²) in [6.45, 7) is 0. The SMILES string of the molecule is COC1=C(F)CC2=CC(C(F)(F)F)SCC2=C1. The molecule has 0 saturated carbocycles. The van der Waals surface area contributed by atoms with Gasteiger partial charge in [0.1, 0.15) is 11.1 Å². The smallest absolute Gasteiger partial charge is 0.403 e. The Morgan fingerprint density at radius 2 is 2.06 bits per heavy atom. The van der Waals surface area contributed by atoms with E-state index >= 15 is 0 Å². The fraction of sp³-hybridized carbons (Fsp3) is 0.455. The first-order chi connectivity index (χ1) is 7.91. The van der Waals surface area contributed by atoms with E-state index in [9.17, 15) is 17.6 Å². The molecule has 1 nitrogen and oxygen atoms in total. The molecule has 0 fully saturated rings. The Labute approximate surface area is 100 Å². The van der Waals surface area contributed by atoms with Crippen LogP contribution in [0.2, 0.25) is 0 Å². The van der Waals surface area contributed by atoms with Gasteiger partial charge in [0.15, 0.2) is 5.76 Å². The molecule has 0 spiro atoms. The maximum atomic E-state index is 13.4. The summed E-state index contributed by atoms with van der Waals surface area (Å²) >= 11 is 0.799. The number of hydrogen-bond acceptors (Lipinski definition) is 2. The number of thioether (sulfide) groups is 1. The summed E-state index contributed by atoms with van der Waals surface area (Å²) in [4.78, 5) is 0. The van der Waals surface area contributed by atoms with Gasteiger partial charge >= 0.3 is 6.18 Å². The van der Waals surface area contributed by atoms with E-state index in [1.165, 1.54) is 13.2 Å². The summed E-state index contributed by atoms with van der Waals surface area (Å²) in [5.41, 5.74) is 1.14. The van der Waals surface area contributed by atoms with Crippen molar-refractivity contribution < 1.29 is 22.3 Å². The van der Waals surface area contributed by atoms with Gasteiger partial charge in [0.2, 0.25) is 0 Å². The van der Waals surface area contributed by atoms with Crippen LogP contribution in [-0.4, -0.2) is 24.3 Å². The molecule has 17 heavy (non-hydrogen) atoms. The van der Waals surface area contributed by atoms with Gasteiger partial charge in [-0.25, -0.2) is 4.39 Å². The second kappa shape index (κ2) is 4.40. The molecule has 1 atom stereocenters. The molecule has 6 heteroatoms. The summed E-state index contributed by atoms with van der Waals surface area (Å²) in [5, 5.41) is -1.54. The highest BCUT2D eigenvalue weighted by Crippen LogP contribution is 2.42. The lowest BCUT2D eigenvalue weighted by Gasteiger charge is -2.27. The van der Waals surface area contributed by atoms with Crippen molar-refractivity contribution in [3.63, 3.8) is 0 Å². The highest BCUT2D eigenvalue weighted by Gasteiger charge is 2.41. The lowest BCUT2D eigenvalue weighted by Crippen LogP contribution is -2.27. The van der Waals surface area contributed by atoms with E-state index in [0.717, 1.165) is 17.8 Å². The molecular weight excluding hydrogens is 256 g/mol. The number of alkyl halides is 3. The van der Waals surface area contributed by atoms with Crippen LogP contribution in [0.4, 0.5) is 17.6 Å². The number of methoxy groups -OCH3 is 1. The molecule has 0 radical (unpaired) electrons. The molecule has 0 aromatic heterocycles. The topological polar surface area (TPSA) is 9.23 Å². The van der Waals surface area contributed by atoms with Gasteiger partial charge in [-0.15, -0.1) is 11.8 Å². The normalized spacial score (nSPS) is 25.1. The van der Waals surface area contributed by atoms with Crippen molar-refractivity contribution in [1.29, 1.82) is 0 Å². The van der Waals surface area contributed by atoms with Crippen LogP contribution < -0.4 is 0 Å². The Morgan fingerprint density at radius 1 is 1.35 bits per heavy atom. The molecule has 2 rings (SSSR count). The minimum Gasteiger partial charge on any atom is -0.494 e. The van der Waals surface area contributed by atoms with Crippen LogP contribution in [0, 0.1) is 0 Å². The molecule has 1 unspecified atom stereocenters. The van der Waals surface area contributed by atoms with Crippen molar-refractivity contribution in [2.24, 2.45) is 0 Å². The van der Waals surface area contributed by atoms with E-state index in [0.29, 0.717) is 11.1 Å². The molecule has 0 N–H and O–H groups in total. The molecule has 1 aliphatic heterocycles. The van der Waals surface area contributed by atoms with Crippen LogP contribution in [0.15, 0.2) is 34.9 Å². The van der Waals surface area contributed by atoms with Crippen LogP contribution in [0.3, 0.4) is 0 Å². The van der Waals surface area contributed by atoms with Crippen molar-refractivity contribution in [2.45, 2.75) is 17.8 Å². The van der Waals surface area contributed by atoms with Gasteiger partial charge in [-0.2, -0.15) is 13.2 Å². The summed E-state index contributed by atoms with van der Waals surface area (Å²) in [6, 6.07) is 0. The minimum atomic E-state index is -4.27. The monoisotopic (exact) mass is 266 g/mol. The predicted octanol–water partition coefficient (Wildman–Crippen LogP) is 3.75. The maximum Gasteiger partial charge on any atom is 0.403 e. The molecule has 0 aromatic carbocycles. The largest absolute Gasteiger partial charge is 0.494 e. The summed E-state index contributed by atoms with van der Waals surface area (Å²) in [5.74, 6) is -0.172. The van der Waals surface area contributed by atoms with Gasteiger partial charge in [-0.05, 0) is 17.2 Å². The Bertz CT molecular complexity index is 420. The van der Waals surface area contributed by atoms with Gasteiger partial charge in [0, 0.05) is 12.2 Å². The van der Waals surface area contributed by atoms with Gasteiger partial charge in [-0.1, -0.05) is 6.08 Å². The zero-order chi connectivity index (χ0) is 12.6. The van der Waals surface area contributed by atoms with Gasteiger partial charge < -0.3 is 4.74 Å². The Morgan fingerprint density at radius 3 is 2.65 bits per heavy atom. The number of rotatable bonds is 1. The quantitative estimate of drug-likeness (QED) is 0.668. The van der Waals surface area contributed by atoms with E-state index in [-0.39, 0.29) is 17.9 Å². The molecule has 0 bridgehead atoms. The zero-order valence-corrected chi connectivity index (χ0v) is 9.79. The Balaban J connectivity index is 2.28. The number of hydrogen-bond donors (Lipinski definition) is 0. The second-order valence-electron chi connectivity index (χ2n) is 3.78. The average molecular weight is 266 g/mol. The van der Waals surface area contributed by atoms with Gasteiger partial charge in [0.25, 0.3) is 0 Å².